The quantitative estimate of drug-likeness (QED) is 0.850. The van der Waals surface area contributed by atoms with E-state index in [4.69, 9.17) is 23.8 Å². The number of fused-ring (bicyclic) bond motifs is 1. The maximum absolute atomic E-state index is 5.95. The number of imidazole rings is 1. The van der Waals surface area contributed by atoms with E-state index in [2.05, 4.69) is 21.5 Å². The molecule has 1 fully saturated rings. The summed E-state index contributed by atoms with van der Waals surface area (Å²) in [6, 6.07) is 1.88. The molecule has 0 spiro atoms. The molecule has 0 atom stereocenters. The molecule has 1 saturated carbocycles. The van der Waals surface area contributed by atoms with Crippen LogP contribution in [0.3, 0.4) is 0 Å². The van der Waals surface area contributed by atoms with E-state index in [1.807, 2.05) is 6.07 Å². The van der Waals surface area contributed by atoms with Crippen LogP contribution in [0.4, 0.5) is 0 Å². The molecule has 5 heteroatoms. The number of hydrogen-bond donors (Lipinski definition) is 1. The van der Waals surface area contributed by atoms with Gasteiger partial charge in [-0.25, -0.2) is 4.98 Å². The lowest BCUT2D eigenvalue weighted by molar-refractivity contribution is 0.101. The van der Waals surface area contributed by atoms with Gasteiger partial charge in [-0.15, -0.1) is 0 Å². The first-order valence-corrected chi connectivity index (χ1v) is 7.16. The molecule has 0 saturated heterocycles. The highest BCUT2D eigenvalue weighted by molar-refractivity contribution is 7.71. The van der Waals surface area contributed by atoms with E-state index in [9.17, 15) is 0 Å². The minimum absolute atomic E-state index is 0.425. The van der Waals surface area contributed by atoms with Crippen molar-refractivity contribution in [1.29, 1.82) is 0 Å². The van der Waals surface area contributed by atoms with E-state index in [-0.39, 0.29) is 0 Å². The molecule has 18 heavy (non-hydrogen) atoms. The minimum atomic E-state index is 0.425. The van der Waals surface area contributed by atoms with Crippen LogP contribution in [0.5, 0.6) is 0 Å². The molecule has 2 heterocycles. The van der Waals surface area contributed by atoms with Gasteiger partial charge in [0.25, 0.3) is 0 Å². The Morgan fingerprint density at radius 3 is 2.94 bits per heavy atom. The third kappa shape index (κ3) is 1.88. The first-order valence-electron chi connectivity index (χ1n) is 6.38. The summed E-state index contributed by atoms with van der Waals surface area (Å²) in [6.07, 6.45) is 6.82. The first-order chi connectivity index (χ1) is 8.63. The van der Waals surface area contributed by atoms with Crippen molar-refractivity contribution < 1.29 is 0 Å². The summed E-state index contributed by atoms with van der Waals surface area (Å²) in [7, 11) is 0. The standard InChI is InChI=1S/C13H16ClN3S/c1-2-13(4-3-5-13)8-17-11-10(16-12(17)18)6-9(14)7-15-11/h6-7H,2-5,8H2,1H3,(H,16,18). The zero-order valence-corrected chi connectivity index (χ0v) is 11.9. The zero-order chi connectivity index (χ0) is 12.8. The number of hydrogen-bond acceptors (Lipinski definition) is 2. The van der Waals surface area contributed by atoms with Crippen LogP contribution in [0.25, 0.3) is 11.2 Å². The highest BCUT2D eigenvalue weighted by Crippen LogP contribution is 2.45. The zero-order valence-electron chi connectivity index (χ0n) is 10.4. The number of nitrogens with one attached hydrogen (secondary N) is 1. The maximum atomic E-state index is 5.95. The van der Waals surface area contributed by atoms with Crippen LogP contribution in [-0.4, -0.2) is 14.5 Å². The van der Waals surface area contributed by atoms with Crippen LogP contribution in [-0.2, 0) is 6.54 Å². The number of rotatable bonds is 3. The van der Waals surface area contributed by atoms with Gasteiger partial charge in [0.05, 0.1) is 10.5 Å². The molecule has 0 aromatic carbocycles. The Balaban J connectivity index is 2.06. The first kappa shape index (κ1) is 12.2. The molecule has 2 aromatic rings. The summed E-state index contributed by atoms with van der Waals surface area (Å²) in [4.78, 5) is 7.61. The van der Waals surface area contributed by atoms with Crippen molar-refractivity contribution in [2.24, 2.45) is 5.41 Å². The van der Waals surface area contributed by atoms with E-state index < -0.39 is 0 Å². The van der Waals surface area contributed by atoms with Gasteiger partial charge in [-0.05, 0) is 43.0 Å². The van der Waals surface area contributed by atoms with Gasteiger partial charge in [-0.1, -0.05) is 24.9 Å². The molecule has 0 unspecified atom stereocenters. The second-order valence-corrected chi connectivity index (χ2v) is 6.07. The molecular weight excluding hydrogens is 266 g/mol. The third-order valence-corrected chi connectivity index (χ3v) is 4.76. The van der Waals surface area contributed by atoms with Crippen molar-refractivity contribution in [2.45, 2.75) is 39.2 Å². The maximum Gasteiger partial charge on any atom is 0.179 e. The van der Waals surface area contributed by atoms with Crippen LogP contribution in [0.1, 0.15) is 32.6 Å². The van der Waals surface area contributed by atoms with Crippen LogP contribution >= 0.6 is 23.8 Å². The molecule has 3 nitrogen and oxygen atoms in total. The van der Waals surface area contributed by atoms with Crippen molar-refractivity contribution in [3.8, 4) is 0 Å². The van der Waals surface area contributed by atoms with Gasteiger partial charge in [0, 0.05) is 12.7 Å². The van der Waals surface area contributed by atoms with Gasteiger partial charge < -0.3 is 9.55 Å². The molecule has 0 radical (unpaired) electrons. The molecule has 3 rings (SSSR count). The highest BCUT2D eigenvalue weighted by atomic mass is 35.5. The molecular formula is C13H16ClN3S. The number of nitrogens with zero attached hydrogens (tertiary/aromatic N) is 2. The Labute approximate surface area is 116 Å². The summed E-state index contributed by atoms with van der Waals surface area (Å²) in [5.41, 5.74) is 2.27. The molecule has 2 aromatic heterocycles. The lowest BCUT2D eigenvalue weighted by Crippen LogP contribution is -2.33. The van der Waals surface area contributed by atoms with E-state index in [1.165, 1.54) is 25.7 Å². The van der Waals surface area contributed by atoms with E-state index in [1.54, 1.807) is 6.20 Å². The monoisotopic (exact) mass is 281 g/mol. The number of aromatic nitrogens is 3. The SMILES string of the molecule is CCC1(Cn2c(=S)[nH]c3cc(Cl)cnc32)CCC1. The van der Waals surface area contributed by atoms with Gasteiger partial charge in [0.1, 0.15) is 0 Å². The Morgan fingerprint density at radius 1 is 1.56 bits per heavy atom. The third-order valence-electron chi connectivity index (χ3n) is 4.23. The lowest BCUT2D eigenvalue weighted by Gasteiger charge is -2.41. The number of halogens is 1. The Hall–Kier alpha value is -0.870. The van der Waals surface area contributed by atoms with Gasteiger partial charge in [-0.3, -0.25) is 0 Å². The van der Waals surface area contributed by atoms with Crippen LogP contribution in [0, 0.1) is 10.2 Å². The summed E-state index contributed by atoms with van der Waals surface area (Å²) in [6.45, 7) is 3.23. The predicted octanol–water partition coefficient (Wildman–Crippen LogP) is 4.33. The second-order valence-electron chi connectivity index (χ2n) is 5.25. The van der Waals surface area contributed by atoms with Crippen molar-refractivity contribution in [3.05, 3.63) is 22.1 Å². The summed E-state index contributed by atoms with van der Waals surface area (Å²) in [5.74, 6) is 0. The molecule has 0 amide bonds. The molecule has 96 valence electrons. The molecule has 1 aliphatic carbocycles. The number of H-pyrrole nitrogens is 1. The minimum Gasteiger partial charge on any atom is -0.329 e. The van der Waals surface area contributed by atoms with Gasteiger partial charge in [-0.2, -0.15) is 0 Å². The van der Waals surface area contributed by atoms with E-state index >= 15 is 0 Å². The molecule has 0 bridgehead atoms. The van der Waals surface area contributed by atoms with Gasteiger partial charge in [0.2, 0.25) is 0 Å². The molecule has 1 aliphatic rings. The lowest BCUT2D eigenvalue weighted by atomic mass is 9.67. The van der Waals surface area contributed by atoms with Crippen LogP contribution < -0.4 is 0 Å². The Kier molecular flexibility index (Phi) is 2.94. The summed E-state index contributed by atoms with van der Waals surface area (Å²) in [5, 5.41) is 0.639. The van der Waals surface area contributed by atoms with Crippen molar-refractivity contribution in [3.63, 3.8) is 0 Å². The smallest absolute Gasteiger partial charge is 0.179 e. The Bertz CT molecular complexity index is 634. The number of aromatic amines is 1. The highest BCUT2D eigenvalue weighted by Gasteiger charge is 2.36. The predicted molar refractivity (Wildman–Crippen MR) is 76.5 cm³/mol. The topological polar surface area (TPSA) is 33.6 Å². The molecule has 0 aliphatic heterocycles. The van der Waals surface area contributed by atoms with E-state index in [0.29, 0.717) is 10.4 Å². The van der Waals surface area contributed by atoms with E-state index in [0.717, 1.165) is 22.5 Å². The average Bonchev–Trinajstić information content (AvgIpc) is 2.59. The fraction of sp³-hybridized carbons (Fsp3) is 0.538. The van der Waals surface area contributed by atoms with Crippen molar-refractivity contribution in [1.82, 2.24) is 14.5 Å². The Morgan fingerprint density at radius 2 is 2.33 bits per heavy atom. The average molecular weight is 282 g/mol. The van der Waals surface area contributed by atoms with Crippen LogP contribution in [0.15, 0.2) is 12.3 Å². The summed E-state index contributed by atoms with van der Waals surface area (Å²) < 4.78 is 2.88. The van der Waals surface area contributed by atoms with Crippen molar-refractivity contribution in [2.75, 3.05) is 0 Å². The van der Waals surface area contributed by atoms with Crippen LogP contribution in [0.2, 0.25) is 5.02 Å². The van der Waals surface area contributed by atoms with Gasteiger partial charge >= 0.3 is 0 Å². The number of pyridine rings is 1. The normalized spacial score (nSPS) is 17.9. The fourth-order valence-corrected chi connectivity index (χ4v) is 3.22. The summed E-state index contributed by atoms with van der Waals surface area (Å²) >= 11 is 11.4. The second kappa shape index (κ2) is 4.35. The fourth-order valence-electron chi connectivity index (χ4n) is 2.80. The van der Waals surface area contributed by atoms with Crippen molar-refractivity contribution >= 4 is 35.0 Å². The largest absolute Gasteiger partial charge is 0.329 e. The molecule has 1 N–H and O–H groups in total. The van der Waals surface area contributed by atoms with Gasteiger partial charge in [0.15, 0.2) is 10.4 Å².